The fraction of sp³-hybridized carbons (Fsp3) is 0.167. The molecule has 0 atom stereocenters. The summed E-state index contributed by atoms with van der Waals surface area (Å²) in [6.07, 6.45) is 1.50. The molecule has 8 heteroatoms. The zero-order chi connectivity index (χ0) is 14.7. The smallest absolute Gasteiger partial charge is 0.276 e. The van der Waals surface area contributed by atoms with E-state index in [1.54, 1.807) is 6.92 Å². The first-order valence-electron chi connectivity index (χ1n) is 5.70. The number of halogens is 1. The van der Waals surface area contributed by atoms with Gasteiger partial charge in [-0.2, -0.15) is 5.10 Å². The predicted molar refractivity (Wildman–Crippen MR) is 71.6 cm³/mol. The highest BCUT2D eigenvalue weighted by molar-refractivity contribution is 6.67. The molecule has 0 aliphatic heterocycles. The molecule has 0 aliphatic rings. The number of hydrogen-bond donors (Lipinski definition) is 0. The number of carbonyl (C=O) groups is 1. The van der Waals surface area contributed by atoms with Gasteiger partial charge in [0.25, 0.3) is 10.9 Å². The molecule has 2 aromatic rings. The van der Waals surface area contributed by atoms with Crippen LogP contribution in [0.5, 0.6) is 5.75 Å². The standard InChI is InChI=1S/C12H10ClN3O4/c1-2-20-10-7-15(14-11(10)12(13)17)8-3-5-9(6-4-8)16(18)19/h3-7H,2H2,1H3. The number of hydrogen-bond acceptors (Lipinski definition) is 5. The van der Waals surface area contributed by atoms with Crippen LogP contribution in [0, 0.1) is 10.1 Å². The SMILES string of the molecule is CCOc1cn(-c2ccc([N+](=O)[O-])cc2)nc1C(=O)Cl. The zero-order valence-corrected chi connectivity index (χ0v) is 11.2. The molecule has 1 aromatic heterocycles. The van der Waals surface area contributed by atoms with E-state index in [9.17, 15) is 14.9 Å². The maximum atomic E-state index is 11.2. The number of nitro benzene ring substituents is 1. The minimum absolute atomic E-state index is 0.00636. The van der Waals surface area contributed by atoms with Gasteiger partial charge in [-0.05, 0) is 30.7 Å². The van der Waals surface area contributed by atoms with Crippen LogP contribution in [-0.4, -0.2) is 26.6 Å². The van der Waals surface area contributed by atoms with E-state index in [0.717, 1.165) is 0 Å². The van der Waals surface area contributed by atoms with Crippen LogP contribution in [0.4, 0.5) is 5.69 Å². The summed E-state index contributed by atoms with van der Waals surface area (Å²) in [6, 6.07) is 5.73. The van der Waals surface area contributed by atoms with Crippen LogP contribution < -0.4 is 4.74 Å². The number of nitro groups is 1. The second-order valence-corrected chi connectivity index (χ2v) is 4.11. The molecule has 0 unspecified atom stereocenters. The van der Waals surface area contributed by atoms with Crippen LogP contribution in [0.3, 0.4) is 0 Å². The number of benzene rings is 1. The molecule has 0 N–H and O–H groups in total. The average molecular weight is 296 g/mol. The lowest BCUT2D eigenvalue weighted by molar-refractivity contribution is -0.384. The molecule has 0 aliphatic carbocycles. The Hall–Kier alpha value is -2.41. The molecule has 0 saturated heterocycles. The van der Waals surface area contributed by atoms with Crippen molar-refractivity contribution in [3.05, 3.63) is 46.3 Å². The lowest BCUT2D eigenvalue weighted by atomic mass is 10.3. The minimum atomic E-state index is -0.728. The van der Waals surface area contributed by atoms with Crippen LogP contribution in [0.15, 0.2) is 30.5 Å². The van der Waals surface area contributed by atoms with E-state index in [1.807, 2.05) is 0 Å². The van der Waals surface area contributed by atoms with Crippen molar-refractivity contribution >= 4 is 22.5 Å². The summed E-state index contributed by atoms with van der Waals surface area (Å²) in [6.45, 7) is 2.13. The molecule has 0 amide bonds. The van der Waals surface area contributed by atoms with E-state index in [4.69, 9.17) is 16.3 Å². The lowest BCUT2D eigenvalue weighted by Gasteiger charge is -2.00. The Morgan fingerprint density at radius 1 is 1.45 bits per heavy atom. The first kappa shape index (κ1) is 14.0. The molecular formula is C12H10ClN3O4. The Balaban J connectivity index is 2.39. The van der Waals surface area contributed by atoms with Crippen LogP contribution in [0.25, 0.3) is 5.69 Å². The number of carbonyl (C=O) groups excluding carboxylic acids is 1. The normalized spacial score (nSPS) is 10.3. The van der Waals surface area contributed by atoms with Gasteiger partial charge in [0.2, 0.25) is 0 Å². The molecule has 0 fully saturated rings. The van der Waals surface area contributed by atoms with E-state index in [2.05, 4.69) is 5.10 Å². The molecular weight excluding hydrogens is 286 g/mol. The fourth-order valence-corrected chi connectivity index (χ4v) is 1.75. The van der Waals surface area contributed by atoms with Gasteiger partial charge in [0.15, 0.2) is 11.4 Å². The zero-order valence-electron chi connectivity index (χ0n) is 10.4. The summed E-state index contributed by atoms with van der Waals surface area (Å²) in [5, 5.41) is 13.9. The second-order valence-electron chi connectivity index (χ2n) is 3.77. The van der Waals surface area contributed by atoms with E-state index in [0.29, 0.717) is 12.3 Å². The quantitative estimate of drug-likeness (QED) is 0.480. The molecule has 2 rings (SSSR count). The van der Waals surface area contributed by atoms with Crippen LogP contribution in [0.1, 0.15) is 17.4 Å². The van der Waals surface area contributed by atoms with Gasteiger partial charge >= 0.3 is 0 Å². The minimum Gasteiger partial charge on any atom is -0.490 e. The third kappa shape index (κ3) is 2.77. The highest BCUT2D eigenvalue weighted by atomic mass is 35.5. The summed E-state index contributed by atoms with van der Waals surface area (Å²) in [5.41, 5.74) is 0.534. The Kier molecular flexibility index (Phi) is 3.99. The molecule has 104 valence electrons. The third-order valence-corrected chi connectivity index (χ3v) is 2.67. The largest absolute Gasteiger partial charge is 0.490 e. The Morgan fingerprint density at radius 3 is 2.60 bits per heavy atom. The van der Waals surface area contributed by atoms with Gasteiger partial charge in [-0.15, -0.1) is 0 Å². The van der Waals surface area contributed by atoms with Crippen molar-refractivity contribution < 1.29 is 14.5 Å². The number of non-ortho nitro benzene ring substituents is 1. The van der Waals surface area contributed by atoms with E-state index >= 15 is 0 Å². The molecule has 20 heavy (non-hydrogen) atoms. The van der Waals surface area contributed by atoms with Crippen molar-refractivity contribution in [2.24, 2.45) is 0 Å². The highest BCUT2D eigenvalue weighted by Gasteiger charge is 2.17. The van der Waals surface area contributed by atoms with Crippen molar-refractivity contribution in [2.45, 2.75) is 6.92 Å². The van der Waals surface area contributed by atoms with Gasteiger partial charge < -0.3 is 4.74 Å². The van der Waals surface area contributed by atoms with Crippen LogP contribution >= 0.6 is 11.6 Å². The maximum Gasteiger partial charge on any atom is 0.276 e. The molecule has 0 saturated carbocycles. The average Bonchev–Trinajstić information content (AvgIpc) is 2.83. The van der Waals surface area contributed by atoms with E-state index < -0.39 is 10.2 Å². The topological polar surface area (TPSA) is 87.3 Å². The van der Waals surface area contributed by atoms with Gasteiger partial charge in [0.05, 0.1) is 23.4 Å². The van der Waals surface area contributed by atoms with Gasteiger partial charge in [-0.3, -0.25) is 14.9 Å². The Bertz CT molecular complexity index is 651. The van der Waals surface area contributed by atoms with Gasteiger partial charge in [0, 0.05) is 12.1 Å². The van der Waals surface area contributed by atoms with E-state index in [1.165, 1.54) is 35.1 Å². The van der Waals surface area contributed by atoms with Crippen molar-refractivity contribution in [2.75, 3.05) is 6.61 Å². The number of aromatic nitrogens is 2. The summed E-state index contributed by atoms with van der Waals surface area (Å²) in [7, 11) is 0. The lowest BCUT2D eigenvalue weighted by Crippen LogP contribution is -1.99. The second kappa shape index (κ2) is 5.70. The van der Waals surface area contributed by atoms with Gasteiger partial charge in [-0.1, -0.05) is 0 Å². The molecule has 1 aromatic carbocycles. The van der Waals surface area contributed by atoms with E-state index in [-0.39, 0.29) is 17.1 Å². The first-order valence-corrected chi connectivity index (χ1v) is 6.08. The van der Waals surface area contributed by atoms with Crippen molar-refractivity contribution in [1.82, 2.24) is 9.78 Å². The first-order chi connectivity index (χ1) is 9.52. The molecule has 0 bridgehead atoms. The van der Waals surface area contributed by atoms with Gasteiger partial charge in [-0.25, -0.2) is 4.68 Å². The Morgan fingerprint density at radius 2 is 2.10 bits per heavy atom. The molecule has 0 radical (unpaired) electrons. The number of ether oxygens (including phenoxy) is 1. The number of nitrogens with zero attached hydrogens (tertiary/aromatic N) is 3. The van der Waals surface area contributed by atoms with Crippen molar-refractivity contribution in [1.29, 1.82) is 0 Å². The monoisotopic (exact) mass is 295 g/mol. The van der Waals surface area contributed by atoms with Crippen molar-refractivity contribution in [3.63, 3.8) is 0 Å². The number of rotatable bonds is 5. The fourth-order valence-electron chi connectivity index (χ4n) is 1.61. The van der Waals surface area contributed by atoms with Crippen LogP contribution in [0.2, 0.25) is 0 Å². The third-order valence-electron chi connectivity index (χ3n) is 2.49. The molecule has 1 heterocycles. The van der Waals surface area contributed by atoms with Crippen LogP contribution in [-0.2, 0) is 0 Å². The van der Waals surface area contributed by atoms with Crippen molar-refractivity contribution in [3.8, 4) is 11.4 Å². The Labute approximate surface area is 118 Å². The predicted octanol–water partition coefficient (Wildman–Crippen LogP) is 2.56. The van der Waals surface area contributed by atoms with Gasteiger partial charge in [0.1, 0.15) is 0 Å². The highest BCUT2D eigenvalue weighted by Crippen LogP contribution is 2.22. The maximum absolute atomic E-state index is 11.2. The summed E-state index contributed by atoms with van der Waals surface area (Å²) in [5.74, 6) is 0.269. The molecule has 0 spiro atoms. The summed E-state index contributed by atoms with van der Waals surface area (Å²) >= 11 is 5.43. The summed E-state index contributed by atoms with van der Waals surface area (Å²) in [4.78, 5) is 21.3. The molecule has 7 nitrogen and oxygen atoms in total. The summed E-state index contributed by atoms with van der Waals surface area (Å²) < 4.78 is 6.64.